The minimum absolute atomic E-state index is 0.0640. The van der Waals surface area contributed by atoms with Crippen LogP contribution in [-0.4, -0.2) is 15.4 Å². The van der Waals surface area contributed by atoms with Crippen molar-refractivity contribution in [3.8, 4) is 11.8 Å². The summed E-state index contributed by atoms with van der Waals surface area (Å²) in [5.41, 5.74) is 1.31. The van der Waals surface area contributed by atoms with Crippen LogP contribution in [0.2, 0.25) is 0 Å². The summed E-state index contributed by atoms with van der Waals surface area (Å²) in [6.45, 7) is 0.230. The number of nitriles is 1. The third kappa shape index (κ3) is 5.24. The lowest BCUT2D eigenvalue weighted by Gasteiger charge is -2.06. The van der Waals surface area contributed by atoms with Crippen LogP contribution in [0.15, 0.2) is 89.7 Å². The zero-order valence-corrected chi connectivity index (χ0v) is 19.1. The fraction of sp³-hybridized carbons (Fsp3) is 0.0385. The molecule has 172 valence electrons. The van der Waals surface area contributed by atoms with Crippen molar-refractivity contribution in [3.05, 3.63) is 126 Å². The molecule has 1 heterocycles. The highest BCUT2D eigenvalue weighted by Gasteiger charge is 2.17. The molecule has 3 aromatic carbocycles. The molecule has 0 aliphatic carbocycles. The third-order valence-corrected chi connectivity index (χ3v) is 6.18. The van der Waals surface area contributed by atoms with Crippen molar-refractivity contribution in [2.75, 3.05) is 0 Å². The number of benzene rings is 3. The van der Waals surface area contributed by atoms with E-state index in [1.54, 1.807) is 36.4 Å². The Balaban J connectivity index is 1.85. The van der Waals surface area contributed by atoms with E-state index >= 15 is 0 Å². The molecule has 0 spiro atoms. The second kappa shape index (κ2) is 10.4. The van der Waals surface area contributed by atoms with Crippen molar-refractivity contribution >= 4 is 34.6 Å². The highest BCUT2D eigenvalue weighted by atomic mass is 32.1. The number of nitrogens with zero attached hydrogens (tertiary/aromatic N) is 3. The third-order valence-electron chi connectivity index (χ3n) is 5.09. The van der Waals surface area contributed by atoms with Crippen molar-refractivity contribution < 1.29 is 9.72 Å². The topological polar surface area (TPSA) is 118 Å². The molecule has 8 nitrogen and oxygen atoms in total. The molecule has 0 atom stereocenters. The monoisotopic (exact) mass is 482 g/mol. The Morgan fingerprint density at radius 2 is 1.66 bits per heavy atom. The van der Waals surface area contributed by atoms with E-state index in [1.807, 2.05) is 36.4 Å². The maximum atomic E-state index is 13.4. The second-order valence-electron chi connectivity index (χ2n) is 7.40. The van der Waals surface area contributed by atoms with Crippen LogP contribution < -0.4 is 20.1 Å². The van der Waals surface area contributed by atoms with Gasteiger partial charge >= 0.3 is 0 Å². The average Bonchev–Trinajstić information content (AvgIpc) is 3.20. The van der Waals surface area contributed by atoms with E-state index < -0.39 is 16.4 Å². The first-order valence-corrected chi connectivity index (χ1v) is 11.3. The van der Waals surface area contributed by atoms with Crippen molar-refractivity contribution in [2.45, 2.75) is 6.54 Å². The number of amides is 1. The Morgan fingerprint density at radius 1 is 1.03 bits per heavy atom. The van der Waals surface area contributed by atoms with Gasteiger partial charge in [0.15, 0.2) is 5.57 Å². The van der Waals surface area contributed by atoms with Gasteiger partial charge in [0.25, 0.3) is 17.2 Å². The maximum absolute atomic E-state index is 13.4. The van der Waals surface area contributed by atoms with Gasteiger partial charge < -0.3 is 5.32 Å². The number of nitrogens with one attached hydrogen (secondary N) is 1. The van der Waals surface area contributed by atoms with Crippen LogP contribution in [0.1, 0.15) is 11.1 Å². The summed E-state index contributed by atoms with van der Waals surface area (Å²) in [6, 6.07) is 25.7. The fourth-order valence-electron chi connectivity index (χ4n) is 3.37. The Kier molecular flexibility index (Phi) is 6.95. The summed E-state index contributed by atoms with van der Waals surface area (Å²) in [4.78, 5) is 36.7. The van der Waals surface area contributed by atoms with Crippen LogP contribution in [0.5, 0.6) is 0 Å². The molecule has 4 rings (SSSR count). The molecule has 0 saturated heterocycles. The summed E-state index contributed by atoms with van der Waals surface area (Å²) in [7, 11) is 0. The predicted octanol–water partition coefficient (Wildman–Crippen LogP) is 2.63. The number of aromatic nitrogens is 1. The zero-order chi connectivity index (χ0) is 24.8. The molecule has 0 saturated carbocycles. The molecule has 0 bridgehead atoms. The quantitative estimate of drug-likeness (QED) is 0.335. The van der Waals surface area contributed by atoms with Crippen LogP contribution in [0.4, 0.5) is 5.69 Å². The molecular weight excluding hydrogens is 464 g/mol. The molecule has 0 aliphatic heterocycles. The number of hydrogen-bond donors (Lipinski definition) is 1. The van der Waals surface area contributed by atoms with Gasteiger partial charge in [0, 0.05) is 18.7 Å². The zero-order valence-electron chi connectivity index (χ0n) is 18.3. The van der Waals surface area contributed by atoms with Crippen molar-refractivity contribution in [3.63, 3.8) is 0 Å². The standard InChI is InChI=1S/C26H18N4O4S/c27-16-22(24(31)28-17-19-7-3-1-4-8-19)26-29(20-9-5-2-6-10-20)25(32)23(35-26)15-18-11-13-21(14-12-18)30(33)34/h1-15H,17H2,(H,28,31). The van der Waals surface area contributed by atoms with E-state index in [0.29, 0.717) is 11.3 Å². The summed E-state index contributed by atoms with van der Waals surface area (Å²) < 4.78 is 1.81. The molecule has 0 fully saturated rings. The lowest BCUT2D eigenvalue weighted by molar-refractivity contribution is -0.384. The van der Waals surface area contributed by atoms with E-state index in [9.17, 15) is 25.0 Å². The van der Waals surface area contributed by atoms with Gasteiger partial charge in [-0.2, -0.15) is 5.26 Å². The van der Waals surface area contributed by atoms with Gasteiger partial charge in [0.2, 0.25) is 0 Å². The Labute approximate surface area is 203 Å². The van der Waals surface area contributed by atoms with Crippen LogP contribution in [-0.2, 0) is 11.3 Å². The van der Waals surface area contributed by atoms with E-state index in [4.69, 9.17) is 0 Å². The van der Waals surface area contributed by atoms with Crippen LogP contribution >= 0.6 is 11.3 Å². The number of para-hydroxylation sites is 1. The molecule has 1 N–H and O–H groups in total. The maximum Gasteiger partial charge on any atom is 0.273 e. The minimum atomic E-state index is -0.593. The van der Waals surface area contributed by atoms with Crippen molar-refractivity contribution in [1.82, 2.24) is 9.88 Å². The summed E-state index contributed by atoms with van der Waals surface area (Å²) in [5, 5.41) is 23.5. The number of carbonyl (C=O) groups excluding carboxylic acids is 1. The van der Waals surface area contributed by atoms with Gasteiger partial charge in [-0.05, 0) is 41.5 Å². The normalized spacial score (nSPS) is 12.0. The van der Waals surface area contributed by atoms with Gasteiger partial charge in [-0.3, -0.25) is 24.3 Å². The largest absolute Gasteiger partial charge is 0.347 e. The number of non-ortho nitro benzene ring substituents is 1. The van der Waals surface area contributed by atoms with Gasteiger partial charge in [-0.1, -0.05) is 48.5 Å². The number of rotatable bonds is 6. The molecule has 1 amide bonds. The van der Waals surface area contributed by atoms with Gasteiger partial charge in [-0.25, -0.2) is 0 Å². The first-order chi connectivity index (χ1) is 17.0. The van der Waals surface area contributed by atoms with Crippen molar-refractivity contribution in [1.29, 1.82) is 5.26 Å². The first-order valence-electron chi connectivity index (χ1n) is 10.5. The van der Waals surface area contributed by atoms with Crippen molar-refractivity contribution in [2.24, 2.45) is 0 Å². The van der Waals surface area contributed by atoms with Crippen LogP contribution in [0, 0.1) is 21.4 Å². The minimum Gasteiger partial charge on any atom is -0.347 e. The second-order valence-corrected chi connectivity index (χ2v) is 8.43. The molecule has 0 radical (unpaired) electrons. The number of hydrogen-bond acceptors (Lipinski definition) is 6. The molecule has 35 heavy (non-hydrogen) atoms. The van der Waals surface area contributed by atoms with E-state index in [2.05, 4.69) is 5.32 Å². The van der Waals surface area contributed by atoms with Crippen LogP contribution in [0.25, 0.3) is 17.3 Å². The molecule has 0 unspecified atom stereocenters. The molecular formula is C26H18N4O4S. The van der Waals surface area contributed by atoms with Gasteiger partial charge in [0.1, 0.15) is 10.7 Å². The first kappa shape index (κ1) is 23.4. The van der Waals surface area contributed by atoms with E-state index in [1.165, 1.54) is 28.8 Å². The highest BCUT2D eigenvalue weighted by Crippen LogP contribution is 2.12. The number of nitro groups is 1. The summed E-state index contributed by atoms with van der Waals surface area (Å²) in [6.07, 6.45) is 1.58. The summed E-state index contributed by atoms with van der Waals surface area (Å²) >= 11 is 1.01. The van der Waals surface area contributed by atoms with E-state index in [-0.39, 0.29) is 27.0 Å². The van der Waals surface area contributed by atoms with E-state index in [0.717, 1.165) is 16.9 Å². The average molecular weight is 483 g/mol. The Morgan fingerprint density at radius 3 is 2.26 bits per heavy atom. The Hall–Kier alpha value is -4.81. The smallest absolute Gasteiger partial charge is 0.273 e. The SMILES string of the molecule is N#CC(C(=O)NCc1ccccc1)=c1sc(=Cc2ccc([N+](=O)[O-])cc2)c(=O)n1-c1ccccc1. The lowest BCUT2D eigenvalue weighted by atomic mass is 10.2. The molecule has 4 aromatic rings. The van der Waals surface area contributed by atoms with Gasteiger partial charge in [-0.15, -0.1) is 11.3 Å². The molecule has 0 aliphatic rings. The highest BCUT2D eigenvalue weighted by molar-refractivity contribution is 7.07. The number of carbonyl (C=O) groups is 1. The van der Waals surface area contributed by atoms with Crippen LogP contribution in [0.3, 0.4) is 0 Å². The lowest BCUT2D eigenvalue weighted by Crippen LogP contribution is -2.33. The van der Waals surface area contributed by atoms with Gasteiger partial charge in [0.05, 0.1) is 15.1 Å². The number of thiazole rings is 1. The predicted molar refractivity (Wildman–Crippen MR) is 133 cm³/mol. The summed E-state index contributed by atoms with van der Waals surface area (Å²) in [5.74, 6) is -0.593. The Bertz CT molecular complexity index is 1600. The molecule has 1 aromatic heterocycles. The number of nitro benzene ring substituents is 1. The fourth-order valence-corrected chi connectivity index (χ4v) is 4.47. The molecule has 9 heteroatoms.